The SMILES string of the molecule is CC(C)(C)OC(=O)N1CC=CCC1[B-](F)(F)F.[K+]. The summed E-state index contributed by atoms with van der Waals surface area (Å²) < 4.78 is 43.3. The molecular weight excluding hydrogens is 273 g/mol. The van der Waals surface area contributed by atoms with Crippen molar-refractivity contribution in [2.75, 3.05) is 6.54 Å². The Bertz CT molecular complexity index is 328. The third-order valence-corrected chi connectivity index (χ3v) is 2.31. The van der Waals surface area contributed by atoms with Crippen LogP contribution in [0.25, 0.3) is 0 Å². The maximum atomic E-state index is 12.8. The number of ether oxygens (including phenoxy) is 1. The number of hydrogen-bond donors (Lipinski definition) is 0. The van der Waals surface area contributed by atoms with Crippen molar-refractivity contribution in [3.8, 4) is 0 Å². The van der Waals surface area contributed by atoms with E-state index >= 15 is 0 Å². The number of halogens is 3. The van der Waals surface area contributed by atoms with Crippen LogP contribution in [0.3, 0.4) is 0 Å². The number of rotatable bonds is 1. The van der Waals surface area contributed by atoms with Crippen molar-refractivity contribution < 1.29 is 73.9 Å². The Hall–Kier alpha value is 0.501. The van der Waals surface area contributed by atoms with E-state index in [0.717, 1.165) is 4.90 Å². The van der Waals surface area contributed by atoms with Crippen LogP contribution >= 0.6 is 0 Å². The topological polar surface area (TPSA) is 29.5 Å². The first kappa shape index (κ1) is 18.5. The van der Waals surface area contributed by atoms with Gasteiger partial charge in [-0.05, 0) is 27.2 Å². The number of nitrogens with zero attached hydrogens (tertiary/aromatic N) is 1. The molecule has 1 rings (SSSR count). The Morgan fingerprint density at radius 2 is 1.89 bits per heavy atom. The third kappa shape index (κ3) is 5.65. The molecule has 0 radical (unpaired) electrons. The summed E-state index contributed by atoms with van der Waals surface area (Å²) in [6.07, 6.45) is 1.89. The molecular formula is C10H16BF3KNO2. The van der Waals surface area contributed by atoms with Crippen molar-refractivity contribution in [1.29, 1.82) is 0 Å². The predicted molar refractivity (Wildman–Crippen MR) is 59.6 cm³/mol. The van der Waals surface area contributed by atoms with Crippen LogP contribution in [0.1, 0.15) is 27.2 Å². The van der Waals surface area contributed by atoms with Crippen molar-refractivity contribution in [3.05, 3.63) is 12.2 Å². The van der Waals surface area contributed by atoms with Crippen LogP contribution in [0, 0.1) is 0 Å². The molecule has 0 aromatic carbocycles. The van der Waals surface area contributed by atoms with Gasteiger partial charge in [-0.2, -0.15) is 0 Å². The van der Waals surface area contributed by atoms with E-state index in [0.29, 0.717) is 0 Å². The van der Waals surface area contributed by atoms with Gasteiger partial charge in [0, 0.05) is 12.5 Å². The molecule has 1 amide bonds. The number of amides is 1. The van der Waals surface area contributed by atoms with E-state index < -0.39 is 24.6 Å². The molecule has 0 aromatic rings. The fourth-order valence-corrected chi connectivity index (χ4v) is 1.58. The number of carbonyl (C=O) groups is 1. The summed E-state index contributed by atoms with van der Waals surface area (Å²) in [6, 6.07) is 0. The Balaban J connectivity index is 0.00000289. The first-order chi connectivity index (χ1) is 7.61. The average molecular weight is 289 g/mol. The molecule has 8 heteroatoms. The molecule has 0 spiro atoms. The molecule has 98 valence electrons. The van der Waals surface area contributed by atoms with Gasteiger partial charge in [-0.3, -0.25) is 0 Å². The van der Waals surface area contributed by atoms with Crippen molar-refractivity contribution in [2.45, 2.75) is 38.7 Å². The summed E-state index contributed by atoms with van der Waals surface area (Å²) in [5.74, 6) is -1.73. The van der Waals surface area contributed by atoms with Gasteiger partial charge in [-0.1, -0.05) is 12.2 Å². The fraction of sp³-hybridized carbons (Fsp3) is 0.700. The maximum Gasteiger partial charge on any atom is 1.00 e. The monoisotopic (exact) mass is 289 g/mol. The molecule has 18 heavy (non-hydrogen) atoms. The van der Waals surface area contributed by atoms with Gasteiger partial charge < -0.3 is 22.6 Å². The minimum atomic E-state index is -5.08. The standard InChI is InChI=1S/C10H16BF3NO2.K/c1-10(2,3)17-9(16)15-7-5-4-6-8(15)11(12,13)14;/h4-5,8H,6-7H2,1-3H3;/q-1;+1. The van der Waals surface area contributed by atoms with Crippen LogP contribution in [0.2, 0.25) is 0 Å². The second-order valence-corrected chi connectivity index (χ2v) is 5.03. The van der Waals surface area contributed by atoms with Gasteiger partial charge in [0.1, 0.15) is 5.60 Å². The molecule has 1 unspecified atom stereocenters. The van der Waals surface area contributed by atoms with E-state index in [4.69, 9.17) is 4.74 Å². The van der Waals surface area contributed by atoms with Crippen molar-refractivity contribution in [3.63, 3.8) is 0 Å². The molecule has 0 bridgehead atoms. The number of carbonyl (C=O) groups excluding carboxylic acids is 1. The summed E-state index contributed by atoms with van der Waals surface area (Å²) >= 11 is 0. The fourth-order valence-electron chi connectivity index (χ4n) is 1.58. The zero-order valence-electron chi connectivity index (χ0n) is 11.1. The minimum Gasteiger partial charge on any atom is -0.448 e. The molecule has 0 aliphatic carbocycles. The zero-order chi connectivity index (χ0) is 13.3. The first-order valence-corrected chi connectivity index (χ1v) is 5.46. The molecule has 0 saturated carbocycles. The quantitative estimate of drug-likeness (QED) is 0.500. The summed E-state index contributed by atoms with van der Waals surface area (Å²) in [5.41, 5.74) is -0.790. The largest absolute Gasteiger partial charge is 1.00 e. The third-order valence-electron chi connectivity index (χ3n) is 2.31. The van der Waals surface area contributed by atoms with Crippen LogP contribution in [-0.2, 0) is 4.74 Å². The molecule has 0 fully saturated rings. The predicted octanol–water partition coefficient (Wildman–Crippen LogP) is -0.0574. The Kier molecular flexibility index (Phi) is 6.97. The van der Waals surface area contributed by atoms with E-state index in [1.807, 2.05) is 0 Å². The molecule has 1 aliphatic heterocycles. The van der Waals surface area contributed by atoms with Crippen molar-refractivity contribution in [1.82, 2.24) is 4.90 Å². The normalized spacial score (nSPS) is 20.3. The molecule has 1 aliphatic rings. The summed E-state index contributed by atoms with van der Waals surface area (Å²) in [7, 11) is 0. The summed E-state index contributed by atoms with van der Waals surface area (Å²) in [6.45, 7) is -0.268. The molecule has 0 saturated heterocycles. The van der Waals surface area contributed by atoms with Crippen LogP contribution < -0.4 is 51.4 Å². The van der Waals surface area contributed by atoms with Gasteiger partial charge in [-0.25, -0.2) is 4.79 Å². The first-order valence-electron chi connectivity index (χ1n) is 5.46. The Morgan fingerprint density at radius 3 is 2.33 bits per heavy atom. The van der Waals surface area contributed by atoms with Crippen LogP contribution in [0.15, 0.2) is 12.2 Å². The molecule has 1 atom stereocenters. The van der Waals surface area contributed by atoms with Gasteiger partial charge in [0.05, 0.1) is 0 Å². The second-order valence-electron chi connectivity index (χ2n) is 5.03. The van der Waals surface area contributed by atoms with Crippen molar-refractivity contribution in [2.24, 2.45) is 0 Å². The smallest absolute Gasteiger partial charge is 0.448 e. The van der Waals surface area contributed by atoms with Crippen molar-refractivity contribution >= 4 is 13.1 Å². The average Bonchev–Trinajstić information content (AvgIpc) is 2.13. The molecule has 0 N–H and O–H groups in total. The number of hydrogen-bond acceptors (Lipinski definition) is 2. The van der Waals surface area contributed by atoms with Gasteiger partial charge in [0.25, 0.3) is 0 Å². The molecule has 1 heterocycles. The summed E-state index contributed by atoms with van der Waals surface area (Å²) in [4.78, 5) is 12.4. The van der Waals surface area contributed by atoms with E-state index in [2.05, 4.69) is 0 Å². The Labute approximate surface area is 148 Å². The van der Waals surface area contributed by atoms with Gasteiger partial charge >= 0.3 is 64.5 Å². The molecule has 3 nitrogen and oxygen atoms in total. The summed E-state index contributed by atoms with van der Waals surface area (Å²) in [5, 5.41) is 0. The van der Waals surface area contributed by atoms with E-state index in [-0.39, 0.29) is 64.4 Å². The Morgan fingerprint density at radius 1 is 1.33 bits per heavy atom. The van der Waals surface area contributed by atoms with Gasteiger partial charge in [-0.15, -0.1) is 0 Å². The minimum absolute atomic E-state index is 0. The van der Waals surface area contributed by atoms with Crippen LogP contribution in [-0.4, -0.2) is 36.1 Å². The van der Waals surface area contributed by atoms with Crippen LogP contribution in [0.5, 0.6) is 0 Å². The maximum absolute atomic E-state index is 12.8. The van der Waals surface area contributed by atoms with Gasteiger partial charge in [0.2, 0.25) is 0 Å². The van der Waals surface area contributed by atoms with E-state index in [9.17, 15) is 17.7 Å². The second kappa shape index (κ2) is 6.79. The van der Waals surface area contributed by atoms with E-state index in [1.165, 1.54) is 6.08 Å². The molecule has 0 aromatic heterocycles. The zero-order valence-corrected chi connectivity index (χ0v) is 14.2. The van der Waals surface area contributed by atoms with Crippen LogP contribution in [0.4, 0.5) is 17.7 Å². The van der Waals surface area contributed by atoms with E-state index in [1.54, 1.807) is 26.8 Å². The van der Waals surface area contributed by atoms with Gasteiger partial charge in [0.15, 0.2) is 0 Å².